The molecule has 0 amide bonds. The van der Waals surface area contributed by atoms with Crippen LogP contribution in [0.1, 0.15) is 27.9 Å². The number of hydrogen-bond acceptors (Lipinski definition) is 3. The Bertz CT molecular complexity index is 382. The van der Waals surface area contributed by atoms with Crippen molar-refractivity contribution >= 4 is 12.4 Å². The molecule has 0 spiro atoms. The van der Waals surface area contributed by atoms with Crippen LogP contribution in [0.2, 0.25) is 0 Å². The van der Waals surface area contributed by atoms with E-state index in [1.165, 1.54) is 11.1 Å². The maximum Gasteiger partial charge on any atom is 0.345 e. The molecule has 1 aromatic carbocycles. The molecule has 72 valence electrons. The molecule has 0 unspecified atom stereocenters. The van der Waals surface area contributed by atoms with Crippen LogP contribution in [0.5, 0.6) is 0 Å². The molecule has 0 fully saturated rings. The number of aryl methyl sites for hydroxylation is 2. The number of fused-ring (bicyclic) bond motifs is 1. The summed E-state index contributed by atoms with van der Waals surface area (Å²) in [5.41, 5.74) is 2.95. The van der Waals surface area contributed by atoms with Crippen molar-refractivity contribution in [3.63, 3.8) is 0 Å². The Morgan fingerprint density at radius 3 is 2.86 bits per heavy atom. The molecule has 0 saturated carbocycles. The van der Waals surface area contributed by atoms with E-state index in [1.54, 1.807) is 6.07 Å². The Balaban J connectivity index is 2.28. The van der Waals surface area contributed by atoms with Crippen LogP contribution >= 0.6 is 0 Å². The van der Waals surface area contributed by atoms with Crippen molar-refractivity contribution in [1.82, 2.24) is 0 Å². The van der Waals surface area contributed by atoms with E-state index in [0.29, 0.717) is 5.56 Å². The van der Waals surface area contributed by atoms with Gasteiger partial charge in [-0.2, -0.15) is 0 Å². The highest BCUT2D eigenvalue weighted by Crippen LogP contribution is 2.22. The monoisotopic (exact) mass is 190 g/mol. The van der Waals surface area contributed by atoms with E-state index in [1.807, 2.05) is 12.1 Å². The molecule has 3 nitrogen and oxygen atoms in total. The number of hydrogen-bond donors (Lipinski definition) is 0. The number of rotatable bonds is 2. The number of carbonyl (C=O) groups excluding carboxylic acids is 2. The fourth-order valence-electron chi connectivity index (χ4n) is 1.81. The predicted molar refractivity (Wildman–Crippen MR) is 49.9 cm³/mol. The standard InChI is InChI=1S/C11H10O3/c12-7-14-11(13)10-5-4-8-2-1-3-9(8)6-10/h4-7H,1-3H2. The summed E-state index contributed by atoms with van der Waals surface area (Å²) in [4.78, 5) is 21.2. The van der Waals surface area contributed by atoms with Crippen LogP contribution in [0.3, 0.4) is 0 Å². The molecule has 3 heteroatoms. The smallest absolute Gasteiger partial charge is 0.345 e. The maximum atomic E-state index is 11.2. The lowest BCUT2D eigenvalue weighted by atomic mass is 10.1. The summed E-state index contributed by atoms with van der Waals surface area (Å²) < 4.78 is 4.27. The van der Waals surface area contributed by atoms with Crippen molar-refractivity contribution < 1.29 is 14.3 Å². The molecule has 14 heavy (non-hydrogen) atoms. The van der Waals surface area contributed by atoms with Gasteiger partial charge in [0.1, 0.15) is 0 Å². The summed E-state index contributed by atoms with van der Waals surface area (Å²) in [5.74, 6) is -0.574. The second kappa shape index (κ2) is 3.62. The van der Waals surface area contributed by atoms with Crippen LogP contribution < -0.4 is 0 Å². The van der Waals surface area contributed by atoms with Gasteiger partial charge >= 0.3 is 12.4 Å². The Hall–Kier alpha value is -1.64. The highest BCUT2D eigenvalue weighted by Gasteiger charge is 2.14. The SMILES string of the molecule is O=COC(=O)c1ccc2c(c1)CCC2. The highest BCUT2D eigenvalue weighted by atomic mass is 16.6. The average molecular weight is 190 g/mol. The first-order valence-electron chi connectivity index (χ1n) is 4.57. The molecule has 0 atom stereocenters. The molecule has 0 heterocycles. The van der Waals surface area contributed by atoms with Crippen molar-refractivity contribution in [2.24, 2.45) is 0 Å². The van der Waals surface area contributed by atoms with Crippen LogP contribution in [0.15, 0.2) is 18.2 Å². The second-order valence-corrected chi connectivity index (χ2v) is 3.34. The van der Waals surface area contributed by atoms with Crippen molar-refractivity contribution in [3.05, 3.63) is 34.9 Å². The third-order valence-corrected chi connectivity index (χ3v) is 2.49. The van der Waals surface area contributed by atoms with Crippen molar-refractivity contribution in [2.75, 3.05) is 0 Å². The van der Waals surface area contributed by atoms with Crippen molar-refractivity contribution in [3.8, 4) is 0 Å². The molecule has 0 bridgehead atoms. The number of esters is 1. The molecular weight excluding hydrogens is 180 g/mol. The molecule has 1 aliphatic carbocycles. The molecule has 0 aliphatic heterocycles. The zero-order valence-electron chi connectivity index (χ0n) is 7.66. The summed E-state index contributed by atoms with van der Waals surface area (Å²) in [5, 5.41) is 0. The Morgan fingerprint density at radius 2 is 2.07 bits per heavy atom. The van der Waals surface area contributed by atoms with Gasteiger partial charge in [-0.3, -0.25) is 4.79 Å². The molecule has 1 aromatic rings. The minimum atomic E-state index is -0.574. The number of benzene rings is 1. The molecule has 0 N–H and O–H groups in total. The minimum absolute atomic E-state index is 0.162. The van der Waals surface area contributed by atoms with Gasteiger partial charge in [-0.15, -0.1) is 0 Å². The van der Waals surface area contributed by atoms with Crippen LogP contribution in [0, 0.1) is 0 Å². The lowest BCUT2D eigenvalue weighted by Crippen LogP contribution is -2.03. The Kier molecular flexibility index (Phi) is 2.31. The third kappa shape index (κ3) is 1.53. The lowest BCUT2D eigenvalue weighted by molar-refractivity contribution is -0.123. The Labute approximate surface area is 81.7 Å². The highest BCUT2D eigenvalue weighted by molar-refractivity contribution is 5.93. The normalized spacial score (nSPS) is 13.4. The van der Waals surface area contributed by atoms with Gasteiger partial charge in [0.25, 0.3) is 0 Å². The van der Waals surface area contributed by atoms with Gasteiger partial charge in [0.05, 0.1) is 5.56 Å². The summed E-state index contributed by atoms with van der Waals surface area (Å²) in [6.45, 7) is 0.162. The van der Waals surface area contributed by atoms with Crippen LogP contribution in [0.4, 0.5) is 0 Å². The summed E-state index contributed by atoms with van der Waals surface area (Å²) >= 11 is 0. The van der Waals surface area contributed by atoms with E-state index < -0.39 is 5.97 Å². The zero-order valence-corrected chi connectivity index (χ0v) is 7.66. The van der Waals surface area contributed by atoms with Crippen LogP contribution in [-0.4, -0.2) is 12.4 Å². The van der Waals surface area contributed by atoms with Gasteiger partial charge in [-0.25, -0.2) is 4.79 Å². The first kappa shape index (κ1) is 8.94. The molecule has 0 saturated heterocycles. The van der Waals surface area contributed by atoms with Gasteiger partial charge in [-0.1, -0.05) is 6.07 Å². The first-order valence-corrected chi connectivity index (χ1v) is 4.57. The fourth-order valence-corrected chi connectivity index (χ4v) is 1.81. The minimum Gasteiger partial charge on any atom is -0.392 e. The quantitative estimate of drug-likeness (QED) is 0.403. The largest absolute Gasteiger partial charge is 0.392 e. The van der Waals surface area contributed by atoms with Gasteiger partial charge in [0, 0.05) is 0 Å². The zero-order chi connectivity index (χ0) is 9.97. The molecular formula is C11H10O3. The molecule has 1 aliphatic rings. The van der Waals surface area contributed by atoms with E-state index in [4.69, 9.17) is 0 Å². The van der Waals surface area contributed by atoms with Gasteiger partial charge in [-0.05, 0) is 42.5 Å². The van der Waals surface area contributed by atoms with Crippen molar-refractivity contribution in [2.45, 2.75) is 19.3 Å². The van der Waals surface area contributed by atoms with E-state index in [2.05, 4.69) is 4.74 Å². The Morgan fingerprint density at radius 1 is 1.29 bits per heavy atom. The first-order chi connectivity index (χ1) is 6.81. The van der Waals surface area contributed by atoms with Crippen LogP contribution in [-0.2, 0) is 22.4 Å². The predicted octanol–water partition coefficient (Wildman–Crippen LogP) is 1.49. The maximum absolute atomic E-state index is 11.2. The fraction of sp³-hybridized carbons (Fsp3) is 0.273. The van der Waals surface area contributed by atoms with Gasteiger partial charge in [0.15, 0.2) is 0 Å². The van der Waals surface area contributed by atoms with Gasteiger partial charge < -0.3 is 4.74 Å². The average Bonchev–Trinajstić information content (AvgIpc) is 2.64. The van der Waals surface area contributed by atoms with E-state index in [0.717, 1.165) is 19.3 Å². The van der Waals surface area contributed by atoms with E-state index in [-0.39, 0.29) is 6.47 Å². The molecule has 0 radical (unpaired) electrons. The number of carbonyl (C=O) groups is 2. The topological polar surface area (TPSA) is 43.4 Å². The number of ether oxygens (including phenoxy) is 1. The summed E-state index contributed by atoms with van der Waals surface area (Å²) in [6, 6.07) is 5.45. The summed E-state index contributed by atoms with van der Waals surface area (Å²) in [6.07, 6.45) is 3.23. The lowest BCUT2D eigenvalue weighted by Gasteiger charge is -2.01. The van der Waals surface area contributed by atoms with E-state index in [9.17, 15) is 9.59 Å². The van der Waals surface area contributed by atoms with Crippen molar-refractivity contribution in [1.29, 1.82) is 0 Å². The summed E-state index contributed by atoms with van der Waals surface area (Å²) in [7, 11) is 0. The second-order valence-electron chi connectivity index (χ2n) is 3.34. The third-order valence-electron chi connectivity index (χ3n) is 2.49. The van der Waals surface area contributed by atoms with Crippen LogP contribution in [0.25, 0.3) is 0 Å². The molecule has 2 rings (SSSR count). The molecule has 0 aromatic heterocycles. The van der Waals surface area contributed by atoms with E-state index >= 15 is 0 Å². The van der Waals surface area contributed by atoms with Gasteiger partial charge in [0.2, 0.25) is 0 Å².